The highest BCUT2D eigenvalue weighted by Gasteiger charge is 2.83. The van der Waals surface area contributed by atoms with E-state index in [1.807, 2.05) is 0 Å². The monoisotopic (exact) mass is 544 g/mol. The number of Topliss-reactive ketones (excluding diaryl/α,β-unsaturated/α-hetero) is 1. The van der Waals surface area contributed by atoms with Crippen LogP contribution in [0.2, 0.25) is 0 Å². The second-order valence-electron chi connectivity index (χ2n) is 7.13. The van der Waals surface area contributed by atoms with E-state index in [1.54, 1.807) is 0 Å². The lowest BCUT2D eigenvalue weighted by Gasteiger charge is -2.34. The van der Waals surface area contributed by atoms with Crippen LogP contribution >= 0.6 is 0 Å². The molecule has 0 bridgehead atoms. The van der Waals surface area contributed by atoms with Crippen molar-refractivity contribution in [3.63, 3.8) is 0 Å². The normalized spacial score (nSPS) is 13.6. The van der Waals surface area contributed by atoms with Crippen LogP contribution in [-0.4, -0.2) is 59.3 Å². The van der Waals surface area contributed by atoms with E-state index >= 15 is 0 Å². The predicted octanol–water partition coefficient (Wildman–Crippen LogP) is 5.92. The third-order valence-electron chi connectivity index (χ3n) is 4.18. The molecule has 0 atom stereocenters. The Morgan fingerprint density at radius 1 is 0.758 bits per heavy atom. The minimum atomic E-state index is -7.43. The van der Waals surface area contributed by atoms with Gasteiger partial charge in [-0.25, -0.2) is 8.42 Å². The molecule has 4 nitrogen and oxygen atoms in total. The Labute approximate surface area is 190 Å². The van der Waals surface area contributed by atoms with E-state index < -0.39 is 33.4 Å². The van der Waals surface area contributed by atoms with Gasteiger partial charge in [-0.3, -0.25) is 4.79 Å². The third kappa shape index (κ3) is 10.2. The molecule has 200 valence electrons. The number of hydrogen-bond donors (Lipinski definition) is 0. The number of carbonyl (C=O) groups excluding carboxylic acids is 1. The number of halogens is 9. The second kappa shape index (κ2) is 14.0. The molecule has 0 saturated carbocycles. The molecule has 0 N–H and O–H groups in total. The van der Waals surface area contributed by atoms with Crippen molar-refractivity contribution in [1.29, 1.82) is 0 Å². The van der Waals surface area contributed by atoms with Crippen LogP contribution in [0.1, 0.15) is 65.7 Å². The summed E-state index contributed by atoms with van der Waals surface area (Å²) in [5.74, 6) is -10.9. The van der Waals surface area contributed by atoms with E-state index in [0.29, 0.717) is 16.7 Å². The Hall–Kier alpha value is -0.700. The predicted molar refractivity (Wildman–Crippen MR) is 107 cm³/mol. The summed E-state index contributed by atoms with van der Waals surface area (Å²) >= 11 is 0. The lowest BCUT2D eigenvalue weighted by atomic mass is 10.1. The Kier molecular flexibility index (Phi) is 14.6. The van der Waals surface area contributed by atoms with Crippen LogP contribution in [0.4, 0.5) is 39.5 Å². The first-order valence-electron chi connectivity index (χ1n) is 10.1. The Morgan fingerprint density at radius 3 is 1.45 bits per heavy atom. The number of hydrogen-bond acceptors (Lipinski definition) is 4. The van der Waals surface area contributed by atoms with Crippen molar-refractivity contribution in [3.05, 3.63) is 0 Å². The van der Waals surface area contributed by atoms with Gasteiger partial charge in [-0.05, 0) is 30.2 Å². The molecule has 0 rings (SSSR count). The van der Waals surface area contributed by atoms with E-state index in [0.717, 1.165) is 25.0 Å². The number of carbonyl (C=O) groups is 1. The first-order chi connectivity index (χ1) is 14.7. The third-order valence-corrected chi connectivity index (χ3v) is 7.52. The summed E-state index contributed by atoms with van der Waals surface area (Å²) in [7, 11) is -7.02. The smallest absolute Gasteiger partial charge is 0.460 e. The van der Waals surface area contributed by atoms with Crippen molar-refractivity contribution in [2.75, 3.05) is 17.3 Å². The lowest BCUT2D eigenvalue weighted by molar-refractivity contribution is -0.382. The SMILES string of the molecule is CCCCC(=O)C[S+](CCCC)CCCC.O=S(=O)([O-])C(F)(F)C(F)(F)C(F)(F)C(F)(F)F. The molecule has 0 heterocycles. The molecular weight excluding hydrogens is 515 g/mol. The zero-order valence-electron chi connectivity index (χ0n) is 18.4. The molecule has 0 aliphatic carbocycles. The van der Waals surface area contributed by atoms with E-state index in [-0.39, 0.29) is 0 Å². The summed E-state index contributed by atoms with van der Waals surface area (Å²) in [5, 5.41) is -7.11. The summed E-state index contributed by atoms with van der Waals surface area (Å²) in [6.07, 6.45) is 1.00. The van der Waals surface area contributed by atoms with Crippen LogP contribution in [0.25, 0.3) is 0 Å². The van der Waals surface area contributed by atoms with E-state index in [2.05, 4.69) is 20.8 Å². The van der Waals surface area contributed by atoms with Gasteiger partial charge in [-0.1, -0.05) is 40.0 Å². The first-order valence-corrected chi connectivity index (χ1v) is 13.2. The zero-order valence-corrected chi connectivity index (χ0v) is 20.1. The van der Waals surface area contributed by atoms with Gasteiger partial charge in [0.25, 0.3) is 0 Å². The molecule has 15 heteroatoms. The molecule has 0 aromatic heterocycles. The van der Waals surface area contributed by atoms with Crippen molar-refractivity contribution in [3.8, 4) is 0 Å². The Bertz CT molecular complexity index is 673. The van der Waals surface area contributed by atoms with Gasteiger partial charge < -0.3 is 4.55 Å². The maximum Gasteiger partial charge on any atom is 0.460 e. The Balaban J connectivity index is 0. The Morgan fingerprint density at radius 2 is 1.15 bits per heavy atom. The van der Waals surface area contributed by atoms with Crippen LogP contribution in [-0.2, 0) is 25.8 Å². The molecule has 0 radical (unpaired) electrons. The van der Waals surface area contributed by atoms with Crippen molar-refractivity contribution >= 4 is 26.8 Å². The molecular formula is C18H29F9O4S2. The first kappa shape index (κ1) is 34.5. The summed E-state index contributed by atoms with van der Waals surface area (Å²) in [4.78, 5) is 11.7. The van der Waals surface area contributed by atoms with Gasteiger partial charge in [0.05, 0.1) is 0 Å². The molecule has 0 fully saturated rings. The summed E-state index contributed by atoms with van der Waals surface area (Å²) < 4.78 is 135. The number of unbranched alkanes of at least 4 members (excludes halogenated alkanes) is 3. The molecule has 0 unspecified atom stereocenters. The maximum absolute atomic E-state index is 12.2. The van der Waals surface area contributed by atoms with Crippen LogP contribution in [0.15, 0.2) is 0 Å². The average molecular weight is 545 g/mol. The molecule has 0 aliphatic heterocycles. The zero-order chi connectivity index (χ0) is 26.7. The van der Waals surface area contributed by atoms with Gasteiger partial charge >= 0.3 is 23.3 Å². The van der Waals surface area contributed by atoms with E-state index in [9.17, 15) is 57.3 Å². The summed E-state index contributed by atoms with van der Waals surface area (Å²) in [6.45, 7) is 6.63. The van der Waals surface area contributed by atoms with Gasteiger partial charge in [0.15, 0.2) is 21.7 Å². The number of ketones is 1. The molecule has 33 heavy (non-hydrogen) atoms. The average Bonchev–Trinajstić information content (AvgIpc) is 2.66. The highest BCUT2D eigenvalue weighted by Crippen LogP contribution is 2.54. The summed E-state index contributed by atoms with van der Waals surface area (Å²) in [5.41, 5.74) is 0. The molecule has 0 aromatic rings. The van der Waals surface area contributed by atoms with Crippen molar-refractivity contribution in [2.24, 2.45) is 0 Å². The highest BCUT2D eigenvalue weighted by molar-refractivity contribution is 7.97. The topological polar surface area (TPSA) is 74.3 Å². The van der Waals surface area contributed by atoms with Crippen molar-refractivity contribution in [2.45, 2.75) is 89.0 Å². The quantitative estimate of drug-likeness (QED) is 0.155. The largest absolute Gasteiger partial charge is 0.743 e. The molecule has 0 spiro atoms. The van der Waals surface area contributed by atoms with Gasteiger partial charge in [0, 0.05) is 6.42 Å². The van der Waals surface area contributed by atoms with Gasteiger partial charge in [-0.15, -0.1) is 0 Å². The van der Waals surface area contributed by atoms with E-state index in [1.165, 1.54) is 37.2 Å². The fourth-order valence-electron chi connectivity index (χ4n) is 2.13. The fraction of sp³-hybridized carbons (Fsp3) is 0.944. The van der Waals surface area contributed by atoms with Crippen LogP contribution in [0.3, 0.4) is 0 Å². The van der Waals surface area contributed by atoms with Crippen molar-refractivity contribution in [1.82, 2.24) is 0 Å². The maximum atomic E-state index is 12.2. The van der Waals surface area contributed by atoms with Gasteiger partial charge in [0.1, 0.15) is 11.5 Å². The minimum Gasteiger partial charge on any atom is -0.743 e. The highest BCUT2D eigenvalue weighted by atomic mass is 32.2. The van der Waals surface area contributed by atoms with Crippen LogP contribution in [0, 0.1) is 0 Å². The van der Waals surface area contributed by atoms with Crippen molar-refractivity contribution < 1.29 is 57.3 Å². The molecule has 0 amide bonds. The fourth-order valence-corrected chi connectivity index (χ4v) is 5.06. The molecule has 0 aromatic carbocycles. The van der Waals surface area contributed by atoms with Crippen LogP contribution < -0.4 is 0 Å². The number of alkyl halides is 9. The summed E-state index contributed by atoms with van der Waals surface area (Å²) in [6, 6.07) is 0. The number of rotatable bonds is 14. The molecule has 0 aliphatic rings. The van der Waals surface area contributed by atoms with Gasteiger partial charge in [0.2, 0.25) is 0 Å². The van der Waals surface area contributed by atoms with E-state index in [4.69, 9.17) is 0 Å². The van der Waals surface area contributed by atoms with Gasteiger partial charge in [-0.2, -0.15) is 39.5 Å². The second-order valence-corrected chi connectivity index (χ2v) is 10.9. The molecule has 0 saturated heterocycles. The lowest BCUT2D eigenvalue weighted by Crippen LogP contribution is -2.63. The minimum absolute atomic E-state index is 0.393. The van der Waals surface area contributed by atoms with Crippen LogP contribution in [0.5, 0.6) is 0 Å². The standard InChI is InChI=1S/C14H29OS.C4HF9O3S/c1-4-7-10-14(15)13-16(11-8-5-2)12-9-6-3;5-1(6,3(9,10)11)2(7,8)4(12,13)17(14,15)16/h4-13H2,1-3H3;(H,14,15,16)/q+1;/p-1.